The number of hydrogen-bond donors (Lipinski definition) is 2. The number of piperazine rings is 1. The summed E-state index contributed by atoms with van der Waals surface area (Å²) in [6.45, 7) is 5.52. The first-order valence-corrected chi connectivity index (χ1v) is 16.1. The van der Waals surface area contributed by atoms with E-state index >= 15 is 0 Å². The number of carbonyl (C=O) groups excluding carboxylic acids is 3. The maximum absolute atomic E-state index is 14.4. The molecular formula is C34H41F3N8O3. The Balaban J connectivity index is 1.20. The Morgan fingerprint density at radius 2 is 1.62 bits per heavy atom. The summed E-state index contributed by atoms with van der Waals surface area (Å²) in [6, 6.07) is 14.0. The largest absolute Gasteiger partial charge is 0.413 e. The molecular weight excluding hydrogens is 625 g/mol. The predicted octanol–water partition coefficient (Wildman–Crippen LogP) is 4.47. The first-order chi connectivity index (χ1) is 22.8. The Kier molecular flexibility index (Phi) is 8.88. The van der Waals surface area contributed by atoms with Gasteiger partial charge in [-0.25, -0.2) is 4.79 Å². The topological polar surface area (TPSA) is 106 Å². The van der Waals surface area contributed by atoms with E-state index in [-0.39, 0.29) is 49.5 Å². The summed E-state index contributed by atoms with van der Waals surface area (Å²) < 4.78 is 44.2. The van der Waals surface area contributed by atoms with Gasteiger partial charge in [-0.05, 0) is 61.9 Å². The lowest BCUT2D eigenvalue weighted by molar-refractivity contribution is -0.183. The molecule has 6 rings (SSSR count). The SMILES string of the molecule is C[C@H]1CN(c2ccc(C(=O)N(C)C)cc2)Cc2c(C(=O)NCc3ccc(NC(=O)N4CCN(C)CC4)cc3)nn(C3(C(F)(F)F)CC3)c21. The molecule has 48 heavy (non-hydrogen) atoms. The monoisotopic (exact) mass is 666 g/mol. The van der Waals surface area contributed by atoms with Crippen molar-refractivity contribution >= 4 is 29.2 Å². The number of hydrogen-bond acceptors (Lipinski definition) is 6. The van der Waals surface area contributed by atoms with Gasteiger partial charge in [-0.2, -0.15) is 18.3 Å². The van der Waals surface area contributed by atoms with Crippen molar-refractivity contribution in [1.29, 1.82) is 0 Å². The average molecular weight is 667 g/mol. The molecule has 2 aliphatic heterocycles. The number of urea groups is 1. The summed E-state index contributed by atoms with van der Waals surface area (Å²) in [7, 11) is 5.37. The lowest BCUT2D eigenvalue weighted by Gasteiger charge is -2.35. The molecule has 3 heterocycles. The fraction of sp³-hybridized carbons (Fsp3) is 0.471. The molecule has 0 radical (unpaired) electrons. The first kappa shape index (κ1) is 33.3. The van der Waals surface area contributed by atoms with Crippen LogP contribution in [0.4, 0.5) is 29.3 Å². The summed E-state index contributed by atoms with van der Waals surface area (Å²) in [6.07, 6.45) is -4.67. The van der Waals surface area contributed by atoms with Crippen LogP contribution in [0.3, 0.4) is 0 Å². The second-order valence-corrected chi connectivity index (χ2v) is 13.3. The highest BCUT2D eigenvalue weighted by molar-refractivity contribution is 5.95. The van der Waals surface area contributed by atoms with Gasteiger partial charge in [0.05, 0.1) is 0 Å². The minimum absolute atomic E-state index is 0.0208. The van der Waals surface area contributed by atoms with Gasteiger partial charge < -0.3 is 30.2 Å². The minimum Gasteiger partial charge on any atom is -0.366 e. The third-order valence-electron chi connectivity index (χ3n) is 9.54. The molecule has 256 valence electrons. The van der Waals surface area contributed by atoms with Crippen LogP contribution >= 0.6 is 0 Å². The first-order valence-electron chi connectivity index (χ1n) is 16.1. The molecule has 1 saturated carbocycles. The quantitative estimate of drug-likeness (QED) is 0.386. The lowest BCUT2D eigenvalue weighted by atomic mass is 9.94. The Labute approximate surface area is 277 Å². The number of nitrogens with one attached hydrogen (secondary N) is 2. The van der Waals surface area contributed by atoms with Gasteiger partial charge in [-0.1, -0.05) is 19.1 Å². The molecule has 1 aromatic heterocycles. The van der Waals surface area contributed by atoms with E-state index in [2.05, 4.69) is 20.6 Å². The van der Waals surface area contributed by atoms with E-state index in [1.165, 1.54) is 4.90 Å². The van der Waals surface area contributed by atoms with Crippen LogP contribution in [-0.4, -0.2) is 102 Å². The maximum atomic E-state index is 14.4. The van der Waals surface area contributed by atoms with Gasteiger partial charge in [0, 0.05) is 94.0 Å². The van der Waals surface area contributed by atoms with Gasteiger partial charge in [0.2, 0.25) is 0 Å². The van der Waals surface area contributed by atoms with E-state index in [0.29, 0.717) is 42.1 Å². The molecule has 3 aliphatic rings. The van der Waals surface area contributed by atoms with Gasteiger partial charge >= 0.3 is 12.2 Å². The Hall–Kier alpha value is -4.59. The van der Waals surface area contributed by atoms with Gasteiger partial charge in [0.25, 0.3) is 11.8 Å². The van der Waals surface area contributed by atoms with Gasteiger partial charge in [0.1, 0.15) is 0 Å². The molecule has 1 atom stereocenters. The number of benzene rings is 2. The van der Waals surface area contributed by atoms with E-state index in [9.17, 15) is 27.6 Å². The van der Waals surface area contributed by atoms with E-state index in [1.54, 1.807) is 55.4 Å². The van der Waals surface area contributed by atoms with E-state index in [0.717, 1.165) is 29.0 Å². The van der Waals surface area contributed by atoms with Crippen LogP contribution in [-0.2, 0) is 18.6 Å². The van der Waals surface area contributed by atoms with E-state index in [1.807, 2.05) is 31.0 Å². The van der Waals surface area contributed by atoms with Gasteiger partial charge in [-0.15, -0.1) is 0 Å². The zero-order valence-corrected chi connectivity index (χ0v) is 27.6. The second-order valence-electron chi connectivity index (χ2n) is 13.3. The van der Waals surface area contributed by atoms with E-state index < -0.39 is 17.6 Å². The van der Waals surface area contributed by atoms with E-state index in [4.69, 9.17) is 0 Å². The summed E-state index contributed by atoms with van der Waals surface area (Å²) in [5.74, 6) is -1.04. The highest BCUT2D eigenvalue weighted by Crippen LogP contribution is 2.57. The number of rotatable bonds is 7. The number of nitrogens with zero attached hydrogens (tertiary/aromatic N) is 6. The molecule has 14 heteroatoms. The van der Waals surface area contributed by atoms with Crippen LogP contribution in [0.2, 0.25) is 0 Å². The number of fused-ring (bicyclic) bond motifs is 1. The Morgan fingerprint density at radius 3 is 2.21 bits per heavy atom. The molecule has 3 aromatic rings. The van der Waals surface area contributed by atoms with Crippen molar-refractivity contribution in [3.8, 4) is 0 Å². The van der Waals surface area contributed by atoms with Crippen molar-refractivity contribution in [3.63, 3.8) is 0 Å². The number of aromatic nitrogens is 2. The number of alkyl halides is 3. The van der Waals surface area contributed by atoms with Crippen molar-refractivity contribution in [2.24, 2.45) is 0 Å². The maximum Gasteiger partial charge on any atom is 0.413 e. The molecule has 1 aliphatic carbocycles. The zero-order chi connectivity index (χ0) is 34.4. The smallest absolute Gasteiger partial charge is 0.366 e. The fourth-order valence-corrected chi connectivity index (χ4v) is 6.49. The molecule has 2 fully saturated rings. The lowest BCUT2D eigenvalue weighted by Crippen LogP contribution is -2.48. The van der Waals surface area contributed by atoms with Crippen molar-refractivity contribution < 1.29 is 27.6 Å². The molecule has 0 unspecified atom stereocenters. The summed E-state index contributed by atoms with van der Waals surface area (Å²) in [4.78, 5) is 46.1. The van der Waals surface area contributed by atoms with Crippen molar-refractivity contribution in [2.45, 2.75) is 50.5 Å². The molecule has 11 nitrogen and oxygen atoms in total. The van der Waals surface area contributed by atoms with Crippen LogP contribution in [0.5, 0.6) is 0 Å². The molecule has 4 amide bonds. The predicted molar refractivity (Wildman–Crippen MR) is 175 cm³/mol. The Morgan fingerprint density at radius 1 is 0.979 bits per heavy atom. The third kappa shape index (κ3) is 6.45. The highest BCUT2D eigenvalue weighted by atomic mass is 19.4. The van der Waals surface area contributed by atoms with Crippen molar-refractivity contribution in [1.82, 2.24) is 29.8 Å². The number of anilines is 2. The Bertz CT molecular complexity index is 1670. The zero-order valence-electron chi connectivity index (χ0n) is 27.6. The molecule has 0 spiro atoms. The van der Waals surface area contributed by atoms with Crippen LogP contribution in [0, 0.1) is 0 Å². The van der Waals surface area contributed by atoms with Crippen LogP contribution in [0.25, 0.3) is 0 Å². The third-order valence-corrected chi connectivity index (χ3v) is 9.54. The van der Waals surface area contributed by atoms with Crippen LogP contribution in [0.1, 0.15) is 63.4 Å². The van der Waals surface area contributed by atoms with Gasteiger partial charge in [-0.3, -0.25) is 14.3 Å². The van der Waals surface area contributed by atoms with Crippen molar-refractivity contribution in [2.75, 3.05) is 64.1 Å². The molecule has 2 aromatic carbocycles. The highest BCUT2D eigenvalue weighted by Gasteiger charge is 2.67. The summed E-state index contributed by atoms with van der Waals surface area (Å²) >= 11 is 0. The molecule has 2 N–H and O–H groups in total. The fourth-order valence-electron chi connectivity index (χ4n) is 6.49. The number of likely N-dealkylation sites (N-methyl/N-ethyl adjacent to an activating group) is 1. The standard InChI is InChI=1S/C34H41F3N8O3/c1-22-20-44(26-11-7-24(8-12-26)31(47)41(2)3)21-27-28(40-45(29(22)27)33(13-14-33)34(35,36)37)30(46)38-19-23-5-9-25(10-6-23)39-32(48)43-17-15-42(4)16-18-43/h5-12,22H,13-21H2,1-4H3,(H,38,46)(H,39,48)/t22-/m0/s1. The summed E-state index contributed by atoms with van der Waals surface area (Å²) in [5.41, 5.74) is 1.47. The minimum atomic E-state index is -4.51. The number of halogens is 3. The van der Waals surface area contributed by atoms with Crippen LogP contribution in [0.15, 0.2) is 48.5 Å². The molecule has 0 bridgehead atoms. The number of amides is 4. The second kappa shape index (κ2) is 12.8. The molecule has 1 saturated heterocycles. The summed E-state index contributed by atoms with van der Waals surface area (Å²) in [5, 5.41) is 10.1. The average Bonchev–Trinajstić information content (AvgIpc) is 3.79. The van der Waals surface area contributed by atoms with Gasteiger partial charge in [0.15, 0.2) is 11.2 Å². The van der Waals surface area contributed by atoms with Crippen LogP contribution < -0.4 is 15.5 Å². The normalized spacial score (nSPS) is 19.0. The number of carbonyl (C=O) groups is 3. The van der Waals surface area contributed by atoms with Crippen molar-refractivity contribution in [3.05, 3.63) is 76.6 Å².